The summed E-state index contributed by atoms with van der Waals surface area (Å²) in [5.41, 5.74) is 1.52. The number of nitrogens with zero attached hydrogens (tertiary/aromatic N) is 2. The second-order valence-electron chi connectivity index (χ2n) is 7.27. The number of carbonyl (C=O) groups excluding carboxylic acids is 2. The molecule has 0 saturated carbocycles. The molecule has 3 aromatic rings. The summed E-state index contributed by atoms with van der Waals surface area (Å²) in [6, 6.07) is 20.8. The standard InChI is InChI=1S/C24H17BrN2O5/c25-18-10-6-16(7-11-18)21-20(22(28)17-8-12-19(13-9-17)27(31)32)23(29)24(30)26(21)14-15-4-2-1-3-5-15/h1-13,21,28H,14H2. The van der Waals surface area contributed by atoms with E-state index in [-0.39, 0.29) is 29.1 Å². The van der Waals surface area contributed by atoms with Crippen LogP contribution in [0.25, 0.3) is 5.76 Å². The Hall–Kier alpha value is -3.78. The van der Waals surface area contributed by atoms with Gasteiger partial charge in [0.1, 0.15) is 5.76 Å². The Kier molecular flexibility index (Phi) is 5.87. The summed E-state index contributed by atoms with van der Waals surface area (Å²) in [5, 5.41) is 21.9. The van der Waals surface area contributed by atoms with Gasteiger partial charge in [-0.3, -0.25) is 19.7 Å². The molecule has 1 aliphatic rings. The van der Waals surface area contributed by atoms with Crippen molar-refractivity contribution in [1.29, 1.82) is 0 Å². The third kappa shape index (κ3) is 4.04. The summed E-state index contributed by atoms with van der Waals surface area (Å²) in [6.07, 6.45) is 0. The van der Waals surface area contributed by atoms with Gasteiger partial charge in [0.2, 0.25) is 0 Å². The molecule has 160 valence electrons. The Morgan fingerprint density at radius 2 is 1.59 bits per heavy atom. The quantitative estimate of drug-likeness (QED) is 0.178. The molecule has 0 aliphatic carbocycles. The van der Waals surface area contributed by atoms with Crippen molar-refractivity contribution in [3.8, 4) is 0 Å². The third-order valence-electron chi connectivity index (χ3n) is 5.27. The normalized spacial score (nSPS) is 17.5. The first-order valence-electron chi connectivity index (χ1n) is 9.69. The van der Waals surface area contributed by atoms with Crippen molar-refractivity contribution < 1.29 is 19.6 Å². The number of non-ortho nitro benzene ring substituents is 1. The molecule has 1 heterocycles. The Balaban J connectivity index is 1.84. The molecule has 1 fully saturated rings. The number of amides is 1. The van der Waals surface area contributed by atoms with Crippen LogP contribution in [0.4, 0.5) is 5.69 Å². The van der Waals surface area contributed by atoms with Gasteiger partial charge in [0, 0.05) is 28.7 Å². The molecule has 32 heavy (non-hydrogen) atoms. The van der Waals surface area contributed by atoms with E-state index in [9.17, 15) is 24.8 Å². The van der Waals surface area contributed by atoms with Crippen LogP contribution in [0.5, 0.6) is 0 Å². The zero-order valence-electron chi connectivity index (χ0n) is 16.6. The van der Waals surface area contributed by atoms with E-state index in [0.29, 0.717) is 5.56 Å². The van der Waals surface area contributed by atoms with Crippen molar-refractivity contribution in [1.82, 2.24) is 4.90 Å². The molecule has 1 amide bonds. The minimum atomic E-state index is -0.807. The first-order valence-corrected chi connectivity index (χ1v) is 10.5. The molecule has 1 aliphatic heterocycles. The fourth-order valence-corrected chi connectivity index (χ4v) is 3.98. The highest BCUT2D eigenvalue weighted by atomic mass is 79.9. The molecule has 1 N–H and O–H groups in total. The monoisotopic (exact) mass is 492 g/mol. The summed E-state index contributed by atoms with van der Waals surface area (Å²) in [5.74, 6) is -1.89. The lowest BCUT2D eigenvalue weighted by molar-refractivity contribution is -0.384. The van der Waals surface area contributed by atoms with Crippen molar-refractivity contribution in [2.45, 2.75) is 12.6 Å². The average Bonchev–Trinajstić information content (AvgIpc) is 3.05. The van der Waals surface area contributed by atoms with Gasteiger partial charge in [-0.2, -0.15) is 0 Å². The molecule has 0 spiro atoms. The number of aliphatic hydroxyl groups is 1. The van der Waals surface area contributed by atoms with Crippen LogP contribution in [0.1, 0.15) is 22.7 Å². The van der Waals surface area contributed by atoms with Crippen LogP contribution in [0.3, 0.4) is 0 Å². The Labute approximate surface area is 191 Å². The fraction of sp³-hybridized carbons (Fsp3) is 0.0833. The lowest BCUT2D eigenvalue weighted by Gasteiger charge is -2.25. The second-order valence-corrected chi connectivity index (χ2v) is 8.18. The number of likely N-dealkylation sites (tertiary alicyclic amines) is 1. The van der Waals surface area contributed by atoms with Gasteiger partial charge >= 0.3 is 0 Å². The van der Waals surface area contributed by atoms with Gasteiger partial charge in [-0.1, -0.05) is 58.4 Å². The first-order chi connectivity index (χ1) is 15.4. The van der Waals surface area contributed by atoms with Gasteiger partial charge in [-0.05, 0) is 35.4 Å². The molecule has 8 heteroatoms. The Morgan fingerprint density at radius 1 is 0.969 bits per heavy atom. The zero-order valence-corrected chi connectivity index (χ0v) is 18.2. The van der Waals surface area contributed by atoms with Gasteiger partial charge in [-0.25, -0.2) is 0 Å². The Bertz CT molecular complexity index is 1220. The van der Waals surface area contributed by atoms with Crippen LogP contribution in [0, 0.1) is 10.1 Å². The maximum Gasteiger partial charge on any atom is 0.295 e. The SMILES string of the molecule is O=C1C(=O)N(Cc2ccccc2)C(c2ccc(Br)cc2)C1=C(O)c1ccc([N+](=O)[O-])cc1. The highest BCUT2D eigenvalue weighted by molar-refractivity contribution is 9.10. The first kappa shape index (κ1) is 21.5. The lowest BCUT2D eigenvalue weighted by Crippen LogP contribution is -2.29. The average molecular weight is 493 g/mol. The van der Waals surface area contributed by atoms with E-state index in [1.54, 1.807) is 24.3 Å². The van der Waals surface area contributed by atoms with Crippen LogP contribution in [-0.2, 0) is 16.1 Å². The summed E-state index contributed by atoms with van der Waals surface area (Å²) in [4.78, 5) is 37.8. The van der Waals surface area contributed by atoms with Crippen molar-refractivity contribution >= 4 is 39.1 Å². The highest BCUT2D eigenvalue weighted by Crippen LogP contribution is 2.40. The molecule has 7 nitrogen and oxygen atoms in total. The number of benzene rings is 3. The number of nitro groups is 1. The maximum atomic E-state index is 13.0. The number of rotatable bonds is 5. The van der Waals surface area contributed by atoms with E-state index in [4.69, 9.17) is 0 Å². The smallest absolute Gasteiger partial charge is 0.295 e. The number of nitro benzene ring substituents is 1. The van der Waals surface area contributed by atoms with E-state index in [2.05, 4.69) is 15.9 Å². The van der Waals surface area contributed by atoms with Gasteiger partial charge in [-0.15, -0.1) is 0 Å². The summed E-state index contributed by atoms with van der Waals surface area (Å²) >= 11 is 3.38. The van der Waals surface area contributed by atoms with Crippen LogP contribution in [0.15, 0.2) is 88.9 Å². The molecule has 3 aromatic carbocycles. The van der Waals surface area contributed by atoms with E-state index in [1.165, 1.54) is 29.2 Å². The van der Waals surface area contributed by atoms with Gasteiger partial charge in [0.25, 0.3) is 17.4 Å². The predicted molar refractivity (Wildman–Crippen MR) is 122 cm³/mol. The lowest BCUT2D eigenvalue weighted by atomic mass is 9.95. The summed E-state index contributed by atoms with van der Waals surface area (Å²) in [6.45, 7) is 0.184. The summed E-state index contributed by atoms with van der Waals surface area (Å²) < 4.78 is 0.830. The van der Waals surface area contributed by atoms with Gasteiger partial charge in [0.15, 0.2) is 0 Å². The van der Waals surface area contributed by atoms with Gasteiger partial charge in [0.05, 0.1) is 16.5 Å². The van der Waals surface area contributed by atoms with E-state index in [0.717, 1.165) is 10.0 Å². The largest absolute Gasteiger partial charge is 0.507 e. The number of halogens is 1. The van der Waals surface area contributed by atoms with Crippen LogP contribution >= 0.6 is 15.9 Å². The molecule has 0 bridgehead atoms. The zero-order chi connectivity index (χ0) is 22.8. The summed E-state index contributed by atoms with van der Waals surface area (Å²) in [7, 11) is 0. The third-order valence-corrected chi connectivity index (χ3v) is 5.80. The van der Waals surface area contributed by atoms with E-state index < -0.39 is 22.7 Å². The number of Topliss-reactive ketones (excluding diaryl/α,β-unsaturated/α-hetero) is 1. The van der Waals surface area contributed by atoms with Crippen molar-refractivity contribution in [3.05, 3.63) is 116 Å². The topological polar surface area (TPSA) is 101 Å². The molecule has 1 atom stereocenters. The number of hydrogen-bond acceptors (Lipinski definition) is 5. The molecule has 4 rings (SSSR count). The van der Waals surface area contributed by atoms with Crippen LogP contribution in [0.2, 0.25) is 0 Å². The molecular weight excluding hydrogens is 476 g/mol. The second kappa shape index (κ2) is 8.76. The highest BCUT2D eigenvalue weighted by Gasteiger charge is 2.46. The molecular formula is C24H17BrN2O5. The Morgan fingerprint density at radius 3 is 2.19 bits per heavy atom. The number of ketones is 1. The van der Waals surface area contributed by atoms with Gasteiger partial charge < -0.3 is 10.0 Å². The molecule has 1 saturated heterocycles. The predicted octanol–water partition coefficient (Wildman–Crippen LogP) is 4.98. The minimum absolute atomic E-state index is 0.0536. The number of aliphatic hydroxyl groups excluding tert-OH is 1. The fourth-order valence-electron chi connectivity index (χ4n) is 3.71. The molecule has 0 radical (unpaired) electrons. The molecule has 0 aromatic heterocycles. The van der Waals surface area contributed by atoms with Crippen LogP contribution in [-0.4, -0.2) is 26.6 Å². The van der Waals surface area contributed by atoms with E-state index >= 15 is 0 Å². The minimum Gasteiger partial charge on any atom is -0.507 e. The number of carbonyl (C=O) groups is 2. The maximum absolute atomic E-state index is 13.0. The van der Waals surface area contributed by atoms with Crippen LogP contribution < -0.4 is 0 Å². The number of hydrogen-bond donors (Lipinski definition) is 1. The molecule has 1 unspecified atom stereocenters. The van der Waals surface area contributed by atoms with E-state index in [1.807, 2.05) is 30.3 Å². The van der Waals surface area contributed by atoms with Crippen molar-refractivity contribution in [3.63, 3.8) is 0 Å². The van der Waals surface area contributed by atoms with Crippen molar-refractivity contribution in [2.75, 3.05) is 0 Å². The van der Waals surface area contributed by atoms with Crippen molar-refractivity contribution in [2.24, 2.45) is 0 Å².